The molecule has 1 amide bonds. The zero-order chi connectivity index (χ0) is 15.2. The molecule has 2 aromatic carbocycles. The zero-order valence-electron chi connectivity index (χ0n) is 12.4. The van der Waals surface area contributed by atoms with Crippen molar-refractivity contribution in [2.45, 2.75) is 13.0 Å². The van der Waals surface area contributed by atoms with Crippen LogP contribution in [0.5, 0.6) is 11.5 Å². The molecule has 0 spiro atoms. The van der Waals surface area contributed by atoms with Crippen molar-refractivity contribution in [3.8, 4) is 11.5 Å². The molecule has 0 aliphatic heterocycles. The number of rotatable bonds is 5. The van der Waals surface area contributed by atoms with Crippen LogP contribution in [-0.2, 0) is 4.79 Å². The van der Waals surface area contributed by atoms with Gasteiger partial charge < -0.3 is 14.4 Å². The molecule has 1 atom stereocenters. The Kier molecular flexibility index (Phi) is 4.82. The van der Waals surface area contributed by atoms with Gasteiger partial charge in [-0.25, -0.2) is 0 Å². The van der Waals surface area contributed by atoms with Gasteiger partial charge in [0.2, 0.25) is 0 Å². The minimum Gasteiger partial charge on any atom is -0.497 e. The van der Waals surface area contributed by atoms with Crippen LogP contribution >= 0.6 is 0 Å². The number of carbonyl (C=O) groups is 1. The molecule has 0 saturated heterocycles. The number of carbonyl (C=O) groups excluding carboxylic acids is 1. The molecule has 110 valence electrons. The number of anilines is 1. The molecule has 0 aliphatic carbocycles. The summed E-state index contributed by atoms with van der Waals surface area (Å²) in [5.74, 6) is 1.29. The highest BCUT2D eigenvalue weighted by molar-refractivity contribution is 5.95. The molecular formula is C17H19NO3. The number of hydrogen-bond donors (Lipinski definition) is 0. The number of nitrogens with zero attached hydrogens (tertiary/aromatic N) is 1. The van der Waals surface area contributed by atoms with Crippen molar-refractivity contribution in [1.29, 1.82) is 0 Å². The first-order valence-corrected chi connectivity index (χ1v) is 6.75. The minimum atomic E-state index is -0.566. The second kappa shape index (κ2) is 6.79. The maximum atomic E-state index is 12.3. The number of amides is 1. The Bertz CT molecular complexity index is 581. The quantitative estimate of drug-likeness (QED) is 0.847. The molecule has 2 rings (SSSR count). The summed E-state index contributed by atoms with van der Waals surface area (Å²) in [6.07, 6.45) is -0.566. The van der Waals surface area contributed by atoms with Gasteiger partial charge in [-0.2, -0.15) is 0 Å². The smallest absolute Gasteiger partial charge is 0.267 e. The third-order valence-electron chi connectivity index (χ3n) is 3.19. The average molecular weight is 285 g/mol. The van der Waals surface area contributed by atoms with Gasteiger partial charge in [0.05, 0.1) is 7.11 Å². The van der Waals surface area contributed by atoms with E-state index in [1.165, 1.54) is 0 Å². The lowest BCUT2D eigenvalue weighted by Crippen LogP contribution is -2.37. The van der Waals surface area contributed by atoms with Gasteiger partial charge in [-0.05, 0) is 43.3 Å². The molecule has 4 heteroatoms. The largest absolute Gasteiger partial charge is 0.497 e. The fourth-order valence-electron chi connectivity index (χ4n) is 1.96. The summed E-state index contributed by atoms with van der Waals surface area (Å²) in [5.41, 5.74) is 0.840. The third-order valence-corrected chi connectivity index (χ3v) is 3.19. The summed E-state index contributed by atoms with van der Waals surface area (Å²) >= 11 is 0. The summed E-state index contributed by atoms with van der Waals surface area (Å²) in [5, 5.41) is 0. The molecule has 0 saturated carbocycles. The molecule has 0 aliphatic rings. The van der Waals surface area contributed by atoms with Crippen molar-refractivity contribution in [3.63, 3.8) is 0 Å². The number of benzene rings is 2. The first-order chi connectivity index (χ1) is 10.1. The number of likely N-dealkylation sites (N-methyl/N-ethyl adjacent to an activating group) is 1. The first-order valence-electron chi connectivity index (χ1n) is 6.75. The van der Waals surface area contributed by atoms with E-state index in [4.69, 9.17) is 9.47 Å². The van der Waals surface area contributed by atoms with Gasteiger partial charge >= 0.3 is 0 Å². The lowest BCUT2D eigenvalue weighted by atomic mass is 10.2. The van der Waals surface area contributed by atoms with Crippen LogP contribution in [0.4, 0.5) is 5.69 Å². The maximum absolute atomic E-state index is 12.3. The van der Waals surface area contributed by atoms with Crippen molar-refractivity contribution >= 4 is 11.6 Å². The van der Waals surface area contributed by atoms with E-state index in [2.05, 4.69) is 0 Å². The monoisotopic (exact) mass is 285 g/mol. The van der Waals surface area contributed by atoms with Gasteiger partial charge in [-0.15, -0.1) is 0 Å². The van der Waals surface area contributed by atoms with Gasteiger partial charge in [-0.1, -0.05) is 18.2 Å². The Balaban J connectivity index is 2.01. The predicted octanol–water partition coefficient (Wildman–Crippen LogP) is 3.13. The van der Waals surface area contributed by atoms with Crippen LogP contribution in [0.2, 0.25) is 0 Å². The number of methoxy groups -OCH3 is 1. The Labute approximate surface area is 124 Å². The van der Waals surface area contributed by atoms with Gasteiger partial charge in [0.25, 0.3) is 5.91 Å². The van der Waals surface area contributed by atoms with Crippen LogP contribution in [0, 0.1) is 0 Å². The molecule has 0 unspecified atom stereocenters. The Morgan fingerprint density at radius 2 is 1.57 bits per heavy atom. The van der Waals surface area contributed by atoms with Crippen LogP contribution in [0.3, 0.4) is 0 Å². The second-order valence-electron chi connectivity index (χ2n) is 4.67. The van der Waals surface area contributed by atoms with E-state index in [0.29, 0.717) is 5.75 Å². The highest BCUT2D eigenvalue weighted by atomic mass is 16.5. The fraction of sp³-hybridized carbons (Fsp3) is 0.235. The molecule has 0 bridgehead atoms. The molecule has 0 radical (unpaired) electrons. The lowest BCUT2D eigenvalue weighted by Gasteiger charge is -2.22. The van der Waals surface area contributed by atoms with Gasteiger partial charge in [0.1, 0.15) is 11.5 Å². The van der Waals surface area contributed by atoms with Crippen molar-refractivity contribution < 1.29 is 14.3 Å². The van der Waals surface area contributed by atoms with Crippen molar-refractivity contribution in [3.05, 3.63) is 54.6 Å². The molecule has 2 aromatic rings. The van der Waals surface area contributed by atoms with E-state index < -0.39 is 6.10 Å². The Hall–Kier alpha value is -2.49. The molecule has 21 heavy (non-hydrogen) atoms. The first kappa shape index (κ1) is 14.9. The average Bonchev–Trinajstić information content (AvgIpc) is 2.55. The van der Waals surface area contributed by atoms with Crippen LogP contribution in [0.25, 0.3) is 0 Å². The van der Waals surface area contributed by atoms with E-state index in [1.807, 2.05) is 30.3 Å². The lowest BCUT2D eigenvalue weighted by molar-refractivity contribution is -0.124. The summed E-state index contributed by atoms with van der Waals surface area (Å²) < 4.78 is 10.8. The van der Waals surface area contributed by atoms with Crippen molar-refractivity contribution in [2.75, 3.05) is 19.1 Å². The van der Waals surface area contributed by atoms with Gasteiger partial charge in [0, 0.05) is 12.7 Å². The van der Waals surface area contributed by atoms with Crippen LogP contribution in [0.15, 0.2) is 54.6 Å². The molecular weight excluding hydrogens is 266 g/mol. The molecule has 0 fully saturated rings. The van der Waals surface area contributed by atoms with Gasteiger partial charge in [0.15, 0.2) is 6.10 Å². The highest BCUT2D eigenvalue weighted by Gasteiger charge is 2.20. The van der Waals surface area contributed by atoms with E-state index in [0.717, 1.165) is 11.4 Å². The predicted molar refractivity (Wildman–Crippen MR) is 82.9 cm³/mol. The summed E-state index contributed by atoms with van der Waals surface area (Å²) in [6, 6.07) is 16.6. The third kappa shape index (κ3) is 3.75. The molecule has 0 aromatic heterocycles. The number of hydrogen-bond acceptors (Lipinski definition) is 3. The van der Waals surface area contributed by atoms with E-state index in [1.54, 1.807) is 50.2 Å². The fourth-order valence-corrected chi connectivity index (χ4v) is 1.96. The van der Waals surface area contributed by atoms with E-state index >= 15 is 0 Å². The van der Waals surface area contributed by atoms with Crippen molar-refractivity contribution in [1.82, 2.24) is 0 Å². The second-order valence-corrected chi connectivity index (χ2v) is 4.67. The SMILES string of the molecule is COc1ccc(O[C@H](C)C(=O)N(C)c2ccccc2)cc1. The van der Waals surface area contributed by atoms with Crippen LogP contribution < -0.4 is 14.4 Å². The summed E-state index contributed by atoms with van der Waals surface area (Å²) in [6.45, 7) is 1.74. The number of para-hydroxylation sites is 1. The number of ether oxygens (including phenoxy) is 2. The standard InChI is InChI=1S/C17H19NO3/c1-13(21-16-11-9-15(20-3)10-12-16)17(19)18(2)14-7-5-4-6-8-14/h4-13H,1-3H3/t13-/m1/s1. The Morgan fingerprint density at radius 3 is 2.14 bits per heavy atom. The van der Waals surface area contributed by atoms with E-state index in [-0.39, 0.29) is 5.91 Å². The molecule has 4 nitrogen and oxygen atoms in total. The van der Waals surface area contributed by atoms with Crippen molar-refractivity contribution in [2.24, 2.45) is 0 Å². The van der Waals surface area contributed by atoms with E-state index in [9.17, 15) is 4.79 Å². The van der Waals surface area contributed by atoms with Crippen LogP contribution in [0.1, 0.15) is 6.92 Å². The minimum absolute atomic E-state index is 0.1000. The topological polar surface area (TPSA) is 38.8 Å². The normalized spacial score (nSPS) is 11.6. The Morgan fingerprint density at radius 1 is 1.00 bits per heavy atom. The molecule has 0 heterocycles. The van der Waals surface area contributed by atoms with Crippen LogP contribution in [-0.4, -0.2) is 26.2 Å². The zero-order valence-corrected chi connectivity index (χ0v) is 12.4. The highest BCUT2D eigenvalue weighted by Crippen LogP contribution is 2.19. The molecule has 0 N–H and O–H groups in total. The van der Waals surface area contributed by atoms with Gasteiger partial charge in [-0.3, -0.25) is 4.79 Å². The summed E-state index contributed by atoms with van der Waals surface area (Å²) in [7, 11) is 3.35. The maximum Gasteiger partial charge on any atom is 0.267 e. The summed E-state index contributed by atoms with van der Waals surface area (Å²) in [4.78, 5) is 13.9.